The summed E-state index contributed by atoms with van der Waals surface area (Å²) in [6.45, 7) is 1.18. The van der Waals surface area contributed by atoms with Gasteiger partial charge in [-0.05, 0) is 56.2 Å². The van der Waals surface area contributed by atoms with E-state index in [0.717, 1.165) is 5.92 Å². The van der Waals surface area contributed by atoms with Crippen LogP contribution in [-0.2, 0) is 11.8 Å². The lowest BCUT2D eigenvalue weighted by Crippen LogP contribution is -2.63. The van der Waals surface area contributed by atoms with Gasteiger partial charge in [-0.2, -0.15) is 0 Å². The zero-order valence-corrected chi connectivity index (χ0v) is 10.6. The number of rotatable bonds is 0. The Bertz CT molecular complexity index is 526. The number of benzene rings is 1. The van der Waals surface area contributed by atoms with Crippen molar-refractivity contribution < 1.29 is 4.74 Å². The van der Waals surface area contributed by atoms with Gasteiger partial charge in [-0.15, -0.1) is 0 Å². The van der Waals surface area contributed by atoms with Crippen LogP contribution < -0.4 is 10.1 Å². The van der Waals surface area contributed by atoms with E-state index < -0.39 is 0 Å². The lowest BCUT2D eigenvalue weighted by molar-refractivity contribution is 0.00338. The second-order valence-electron chi connectivity index (χ2n) is 6.49. The molecule has 94 valence electrons. The largest absolute Gasteiger partial charge is 0.489 e. The zero-order chi connectivity index (χ0) is 11.7. The van der Waals surface area contributed by atoms with Crippen LogP contribution in [0.4, 0.5) is 0 Å². The molecule has 1 saturated carbocycles. The molecule has 2 bridgehead atoms. The fraction of sp³-hybridized carbons (Fsp3) is 0.625. The van der Waals surface area contributed by atoms with E-state index in [1.54, 1.807) is 11.1 Å². The molecular formula is C16H19NO. The summed E-state index contributed by atoms with van der Waals surface area (Å²) in [5.74, 6) is 2.03. The standard InChI is InChI=1S/C16H19NO/c1-3-10-9-12-11-4-2-6-14-16(11,7-8-17-12)15(10)13(5-1)18-14/h1,3,5,11-12,14,17H,2,4,6-9H2/t11?,12?,14-,16?/m0/s1. The van der Waals surface area contributed by atoms with Gasteiger partial charge in [0.1, 0.15) is 11.9 Å². The molecule has 2 heteroatoms. The zero-order valence-electron chi connectivity index (χ0n) is 10.6. The van der Waals surface area contributed by atoms with Crippen molar-refractivity contribution in [1.82, 2.24) is 5.32 Å². The van der Waals surface area contributed by atoms with E-state index in [1.165, 1.54) is 44.4 Å². The first-order valence-electron chi connectivity index (χ1n) is 7.42. The van der Waals surface area contributed by atoms with Crippen LogP contribution in [0.3, 0.4) is 0 Å². The van der Waals surface area contributed by atoms with E-state index in [9.17, 15) is 0 Å². The molecular weight excluding hydrogens is 222 g/mol. The highest BCUT2D eigenvalue weighted by atomic mass is 16.5. The average Bonchev–Trinajstić information content (AvgIpc) is 2.70. The Kier molecular flexibility index (Phi) is 1.70. The van der Waals surface area contributed by atoms with Gasteiger partial charge in [0.25, 0.3) is 0 Å². The Hall–Kier alpha value is -1.02. The Labute approximate surface area is 108 Å². The van der Waals surface area contributed by atoms with Crippen molar-refractivity contribution in [3.8, 4) is 5.75 Å². The molecule has 4 atom stereocenters. The van der Waals surface area contributed by atoms with Crippen LogP contribution in [0, 0.1) is 5.92 Å². The lowest BCUT2D eigenvalue weighted by Gasteiger charge is -2.55. The van der Waals surface area contributed by atoms with Crippen molar-refractivity contribution in [2.24, 2.45) is 5.92 Å². The van der Waals surface area contributed by atoms with E-state index >= 15 is 0 Å². The van der Waals surface area contributed by atoms with Gasteiger partial charge in [-0.3, -0.25) is 0 Å². The smallest absolute Gasteiger partial charge is 0.123 e. The summed E-state index contributed by atoms with van der Waals surface area (Å²) in [5.41, 5.74) is 3.54. The van der Waals surface area contributed by atoms with Crippen molar-refractivity contribution >= 4 is 0 Å². The number of piperidine rings is 1. The molecule has 18 heavy (non-hydrogen) atoms. The summed E-state index contributed by atoms with van der Waals surface area (Å²) in [7, 11) is 0. The minimum Gasteiger partial charge on any atom is -0.489 e. The number of hydrogen-bond acceptors (Lipinski definition) is 2. The lowest BCUT2D eigenvalue weighted by atomic mass is 9.52. The highest BCUT2D eigenvalue weighted by Crippen LogP contribution is 2.60. The van der Waals surface area contributed by atoms with Gasteiger partial charge in [-0.1, -0.05) is 12.1 Å². The van der Waals surface area contributed by atoms with Crippen LogP contribution in [-0.4, -0.2) is 18.7 Å². The molecule has 1 aromatic rings. The molecule has 2 aliphatic heterocycles. The normalized spacial score (nSPS) is 43.2. The van der Waals surface area contributed by atoms with Crippen molar-refractivity contribution in [2.75, 3.05) is 6.54 Å². The fourth-order valence-corrected chi connectivity index (χ4v) is 5.40. The van der Waals surface area contributed by atoms with Crippen LogP contribution in [0.15, 0.2) is 18.2 Å². The molecule has 2 nitrogen and oxygen atoms in total. The van der Waals surface area contributed by atoms with Crippen molar-refractivity contribution in [3.05, 3.63) is 29.3 Å². The molecule has 4 aliphatic rings. The molecule has 2 aliphatic carbocycles. The minimum atomic E-state index is 0.373. The van der Waals surface area contributed by atoms with Crippen LogP contribution in [0.25, 0.3) is 0 Å². The Morgan fingerprint density at radius 3 is 3.28 bits per heavy atom. The third-order valence-electron chi connectivity index (χ3n) is 5.94. The first-order chi connectivity index (χ1) is 8.89. The third kappa shape index (κ3) is 0.934. The number of hydrogen-bond donors (Lipinski definition) is 1. The quantitative estimate of drug-likeness (QED) is 0.753. The van der Waals surface area contributed by atoms with E-state index in [2.05, 4.69) is 23.5 Å². The summed E-state index contributed by atoms with van der Waals surface area (Å²) in [5, 5.41) is 3.77. The molecule has 1 spiro atoms. The highest BCUT2D eigenvalue weighted by molar-refractivity contribution is 5.54. The molecule has 1 N–H and O–H groups in total. The third-order valence-corrected chi connectivity index (χ3v) is 5.94. The minimum absolute atomic E-state index is 0.373. The van der Waals surface area contributed by atoms with Crippen molar-refractivity contribution in [2.45, 2.75) is 49.7 Å². The molecule has 5 rings (SSSR count). The first-order valence-corrected chi connectivity index (χ1v) is 7.42. The molecule has 3 unspecified atom stereocenters. The maximum absolute atomic E-state index is 6.35. The number of ether oxygens (including phenoxy) is 1. The maximum Gasteiger partial charge on any atom is 0.123 e. The van der Waals surface area contributed by atoms with Crippen molar-refractivity contribution in [1.29, 1.82) is 0 Å². The maximum atomic E-state index is 6.35. The van der Waals surface area contributed by atoms with E-state index in [-0.39, 0.29) is 0 Å². The molecule has 0 amide bonds. The summed E-state index contributed by atoms with van der Waals surface area (Å²) in [4.78, 5) is 0. The van der Waals surface area contributed by atoms with E-state index in [4.69, 9.17) is 4.74 Å². The first kappa shape index (κ1) is 9.85. The van der Waals surface area contributed by atoms with E-state index in [1.807, 2.05) is 0 Å². The Balaban J connectivity index is 1.83. The topological polar surface area (TPSA) is 21.3 Å². The molecule has 1 saturated heterocycles. The molecule has 1 aromatic carbocycles. The summed E-state index contributed by atoms with van der Waals surface area (Å²) < 4.78 is 6.35. The summed E-state index contributed by atoms with van der Waals surface area (Å²) in [6, 6.07) is 7.41. The van der Waals surface area contributed by atoms with Gasteiger partial charge in [0.2, 0.25) is 0 Å². The van der Waals surface area contributed by atoms with Gasteiger partial charge in [0.05, 0.1) is 0 Å². The molecule has 2 heterocycles. The van der Waals surface area contributed by atoms with Crippen LogP contribution in [0.5, 0.6) is 5.75 Å². The summed E-state index contributed by atoms with van der Waals surface area (Å²) in [6.07, 6.45) is 6.97. The molecule has 2 fully saturated rings. The van der Waals surface area contributed by atoms with Gasteiger partial charge < -0.3 is 10.1 Å². The Morgan fingerprint density at radius 2 is 2.28 bits per heavy atom. The van der Waals surface area contributed by atoms with Gasteiger partial charge in [0.15, 0.2) is 0 Å². The van der Waals surface area contributed by atoms with Gasteiger partial charge >= 0.3 is 0 Å². The summed E-state index contributed by atoms with van der Waals surface area (Å²) >= 11 is 0. The van der Waals surface area contributed by atoms with Crippen LogP contribution in [0.2, 0.25) is 0 Å². The molecule has 0 aromatic heterocycles. The monoisotopic (exact) mass is 241 g/mol. The predicted molar refractivity (Wildman–Crippen MR) is 70.0 cm³/mol. The number of nitrogens with one attached hydrogen (secondary N) is 1. The average molecular weight is 241 g/mol. The van der Waals surface area contributed by atoms with Crippen molar-refractivity contribution in [3.63, 3.8) is 0 Å². The Morgan fingerprint density at radius 1 is 1.28 bits per heavy atom. The van der Waals surface area contributed by atoms with Gasteiger partial charge in [0, 0.05) is 17.0 Å². The highest BCUT2D eigenvalue weighted by Gasteiger charge is 2.61. The second kappa shape index (κ2) is 3.11. The van der Waals surface area contributed by atoms with Crippen LogP contribution in [0.1, 0.15) is 36.8 Å². The van der Waals surface area contributed by atoms with Gasteiger partial charge in [-0.25, -0.2) is 0 Å². The van der Waals surface area contributed by atoms with E-state index in [0.29, 0.717) is 17.6 Å². The predicted octanol–water partition coefficient (Wildman–Crippen LogP) is 2.40. The molecule has 0 radical (unpaired) electrons. The SMILES string of the molecule is c1cc2c3c(c1)O[C@H]1CCCC4C(C2)NCCC341. The fourth-order valence-electron chi connectivity index (χ4n) is 5.40. The van der Waals surface area contributed by atoms with Crippen LogP contribution >= 0.6 is 0 Å². The second-order valence-corrected chi connectivity index (χ2v) is 6.49.